The number of aryl methyl sites for hydroxylation is 1. The van der Waals surface area contributed by atoms with E-state index in [1.165, 1.54) is 12.1 Å². The highest BCUT2D eigenvalue weighted by Gasteiger charge is 2.43. The van der Waals surface area contributed by atoms with Gasteiger partial charge in [0.25, 0.3) is 12.4 Å². The summed E-state index contributed by atoms with van der Waals surface area (Å²) in [6.07, 6.45) is 0. The van der Waals surface area contributed by atoms with E-state index in [-0.39, 0.29) is 17.6 Å². The Kier molecular flexibility index (Phi) is 3.34. The smallest absolute Gasteiger partial charge is 0.299 e. The third kappa shape index (κ3) is 2.10. The van der Waals surface area contributed by atoms with Crippen molar-refractivity contribution in [3.8, 4) is 11.1 Å². The summed E-state index contributed by atoms with van der Waals surface area (Å²) >= 11 is 0. The molecule has 0 saturated carbocycles. The molecule has 0 radical (unpaired) electrons. The summed E-state index contributed by atoms with van der Waals surface area (Å²) in [4.78, 5) is 8.36. The molecular weight excluding hydrogens is 250 g/mol. The monoisotopic (exact) mass is 262 g/mol. The molecule has 0 aromatic heterocycles. The van der Waals surface area contributed by atoms with Crippen molar-refractivity contribution < 1.29 is 18.7 Å². The van der Waals surface area contributed by atoms with E-state index in [1.807, 2.05) is 13.0 Å². The van der Waals surface area contributed by atoms with Gasteiger partial charge in [0, 0.05) is 11.1 Å². The van der Waals surface area contributed by atoms with E-state index in [2.05, 4.69) is 0 Å². The Labute approximate surface area is 109 Å². The molecule has 0 atom stereocenters. The number of benzene rings is 2. The highest BCUT2D eigenvalue weighted by atomic mass is 19.3. The molecule has 1 aliphatic rings. The highest BCUT2D eigenvalue weighted by Crippen LogP contribution is 2.50. The highest BCUT2D eigenvalue weighted by molar-refractivity contribution is 5.79. The Morgan fingerprint density at radius 2 is 1.63 bits per heavy atom. The standard InChI is InChI=1S/C14H10F2.CH2O2/c1-9-6-7-13-11(8-9)10-4-2-3-5-12(10)14(13,15)16;2-1-3/h2-8H,1H3;1H,(H,2,3). The van der Waals surface area contributed by atoms with Crippen LogP contribution in [0.15, 0.2) is 42.5 Å². The molecule has 1 aliphatic carbocycles. The van der Waals surface area contributed by atoms with Crippen molar-refractivity contribution in [2.45, 2.75) is 12.8 Å². The summed E-state index contributed by atoms with van der Waals surface area (Å²) in [6, 6.07) is 11.8. The zero-order chi connectivity index (χ0) is 14.0. The lowest BCUT2D eigenvalue weighted by Crippen LogP contribution is -2.10. The first-order chi connectivity index (χ1) is 9.02. The van der Waals surface area contributed by atoms with E-state index in [0.29, 0.717) is 11.1 Å². The van der Waals surface area contributed by atoms with Crippen LogP contribution < -0.4 is 0 Å². The Hall–Kier alpha value is -2.23. The normalized spacial score (nSPS) is 13.8. The molecule has 0 saturated heterocycles. The Morgan fingerprint density at radius 1 is 1.05 bits per heavy atom. The van der Waals surface area contributed by atoms with Crippen LogP contribution >= 0.6 is 0 Å². The average Bonchev–Trinajstić information content (AvgIpc) is 2.60. The lowest BCUT2D eigenvalue weighted by molar-refractivity contribution is -0.122. The molecule has 0 spiro atoms. The van der Waals surface area contributed by atoms with E-state index in [1.54, 1.807) is 24.3 Å². The van der Waals surface area contributed by atoms with Gasteiger partial charge < -0.3 is 5.11 Å². The quantitative estimate of drug-likeness (QED) is 0.733. The van der Waals surface area contributed by atoms with Crippen LogP contribution in [0, 0.1) is 6.92 Å². The van der Waals surface area contributed by atoms with Gasteiger partial charge in [-0.3, -0.25) is 4.79 Å². The fraction of sp³-hybridized carbons (Fsp3) is 0.133. The van der Waals surface area contributed by atoms with E-state index >= 15 is 0 Å². The van der Waals surface area contributed by atoms with Gasteiger partial charge in [-0.2, -0.15) is 8.78 Å². The van der Waals surface area contributed by atoms with Crippen LogP contribution in [0.1, 0.15) is 16.7 Å². The number of alkyl halides is 2. The Balaban J connectivity index is 0.000000408. The summed E-state index contributed by atoms with van der Waals surface area (Å²) in [7, 11) is 0. The molecule has 0 aliphatic heterocycles. The first-order valence-corrected chi connectivity index (χ1v) is 5.69. The van der Waals surface area contributed by atoms with Crippen LogP contribution in [0.5, 0.6) is 0 Å². The minimum absolute atomic E-state index is 0.121. The maximum Gasteiger partial charge on any atom is 0.299 e. The minimum Gasteiger partial charge on any atom is -0.483 e. The summed E-state index contributed by atoms with van der Waals surface area (Å²) in [5.74, 6) is -2.85. The summed E-state index contributed by atoms with van der Waals surface area (Å²) in [6.45, 7) is 1.67. The van der Waals surface area contributed by atoms with Crippen molar-refractivity contribution in [1.82, 2.24) is 0 Å². The zero-order valence-electron chi connectivity index (χ0n) is 10.2. The average molecular weight is 262 g/mol. The predicted molar refractivity (Wildman–Crippen MR) is 68.3 cm³/mol. The molecule has 2 aromatic rings. The molecule has 0 bridgehead atoms. The van der Waals surface area contributed by atoms with E-state index in [9.17, 15) is 8.78 Å². The van der Waals surface area contributed by atoms with Gasteiger partial charge in [-0.25, -0.2) is 0 Å². The molecule has 1 N–H and O–H groups in total. The lowest BCUT2D eigenvalue weighted by atomic mass is 10.0. The molecule has 0 fully saturated rings. The van der Waals surface area contributed by atoms with Crippen molar-refractivity contribution in [2.24, 2.45) is 0 Å². The van der Waals surface area contributed by atoms with Crippen molar-refractivity contribution >= 4 is 6.47 Å². The lowest BCUT2D eigenvalue weighted by Gasteiger charge is -2.11. The molecule has 3 rings (SSSR count). The molecule has 19 heavy (non-hydrogen) atoms. The topological polar surface area (TPSA) is 37.3 Å². The second kappa shape index (κ2) is 4.80. The van der Waals surface area contributed by atoms with Gasteiger partial charge in [0.1, 0.15) is 0 Å². The fourth-order valence-corrected chi connectivity index (χ4v) is 2.29. The van der Waals surface area contributed by atoms with Gasteiger partial charge in [-0.15, -0.1) is 0 Å². The number of fused-ring (bicyclic) bond motifs is 3. The summed E-state index contributed by atoms with van der Waals surface area (Å²) in [5, 5.41) is 6.89. The Bertz CT molecular complexity index is 621. The third-order valence-corrected chi connectivity index (χ3v) is 3.07. The largest absolute Gasteiger partial charge is 0.483 e. The number of hydrogen-bond donors (Lipinski definition) is 1. The van der Waals surface area contributed by atoms with E-state index in [4.69, 9.17) is 9.90 Å². The van der Waals surface area contributed by atoms with E-state index in [0.717, 1.165) is 5.56 Å². The molecule has 98 valence electrons. The second-order valence-electron chi connectivity index (χ2n) is 4.27. The minimum atomic E-state index is -2.85. The molecular formula is C15H12F2O2. The predicted octanol–water partition coefficient (Wildman–Crippen LogP) is 3.82. The van der Waals surface area contributed by atoms with Crippen LogP contribution in [0.25, 0.3) is 11.1 Å². The number of carboxylic acid groups (broad SMARTS) is 1. The maximum absolute atomic E-state index is 14.1. The summed E-state index contributed by atoms with van der Waals surface area (Å²) < 4.78 is 28.1. The molecule has 0 unspecified atom stereocenters. The van der Waals surface area contributed by atoms with Crippen molar-refractivity contribution in [1.29, 1.82) is 0 Å². The molecule has 2 nitrogen and oxygen atoms in total. The van der Waals surface area contributed by atoms with Gasteiger partial charge in [-0.05, 0) is 18.1 Å². The summed E-state index contributed by atoms with van der Waals surface area (Å²) in [5.41, 5.74) is 2.58. The molecule has 0 heterocycles. The fourth-order valence-electron chi connectivity index (χ4n) is 2.29. The molecule has 4 heteroatoms. The van der Waals surface area contributed by atoms with Crippen LogP contribution in [0.2, 0.25) is 0 Å². The van der Waals surface area contributed by atoms with Crippen LogP contribution in [0.3, 0.4) is 0 Å². The zero-order valence-corrected chi connectivity index (χ0v) is 10.2. The van der Waals surface area contributed by atoms with Crippen LogP contribution in [-0.4, -0.2) is 11.6 Å². The first kappa shape index (κ1) is 13.2. The molecule has 0 amide bonds. The number of hydrogen-bond acceptors (Lipinski definition) is 1. The van der Waals surface area contributed by atoms with Gasteiger partial charge in [0.05, 0.1) is 0 Å². The van der Waals surface area contributed by atoms with E-state index < -0.39 is 5.92 Å². The van der Waals surface area contributed by atoms with Gasteiger partial charge >= 0.3 is 0 Å². The first-order valence-electron chi connectivity index (χ1n) is 5.69. The van der Waals surface area contributed by atoms with Gasteiger partial charge in [0.2, 0.25) is 0 Å². The van der Waals surface area contributed by atoms with Gasteiger partial charge in [-0.1, -0.05) is 48.0 Å². The maximum atomic E-state index is 14.1. The van der Waals surface area contributed by atoms with Gasteiger partial charge in [0.15, 0.2) is 0 Å². The van der Waals surface area contributed by atoms with Crippen molar-refractivity contribution in [2.75, 3.05) is 0 Å². The number of halogens is 2. The third-order valence-electron chi connectivity index (χ3n) is 3.07. The second-order valence-corrected chi connectivity index (χ2v) is 4.27. The number of rotatable bonds is 0. The number of carbonyl (C=O) groups is 1. The Morgan fingerprint density at radius 3 is 2.32 bits per heavy atom. The van der Waals surface area contributed by atoms with Crippen molar-refractivity contribution in [3.05, 3.63) is 59.2 Å². The molecule has 2 aromatic carbocycles. The SMILES string of the molecule is Cc1ccc2c(c1)-c1ccccc1C2(F)F.O=CO. The van der Waals surface area contributed by atoms with Crippen molar-refractivity contribution in [3.63, 3.8) is 0 Å². The van der Waals surface area contributed by atoms with Crippen LogP contribution in [0.4, 0.5) is 8.78 Å². The van der Waals surface area contributed by atoms with Crippen LogP contribution in [-0.2, 0) is 10.7 Å².